The molecule has 0 aliphatic carbocycles. The van der Waals surface area contributed by atoms with Crippen LogP contribution < -0.4 is 10.6 Å². The second-order valence-electron chi connectivity index (χ2n) is 4.34. The molecule has 1 fully saturated rings. The number of rotatable bonds is 3. The Morgan fingerprint density at radius 1 is 1.44 bits per heavy atom. The first kappa shape index (κ1) is 13.7. The molecule has 1 aromatic carbocycles. The van der Waals surface area contributed by atoms with Gasteiger partial charge in [-0.2, -0.15) is 11.8 Å². The van der Waals surface area contributed by atoms with E-state index in [0.29, 0.717) is 12.3 Å². The van der Waals surface area contributed by atoms with Crippen molar-refractivity contribution in [3.8, 4) is 0 Å². The largest absolute Gasteiger partial charge is 0.387 e. The van der Waals surface area contributed by atoms with E-state index in [1.54, 1.807) is 11.8 Å². The molecular formula is C12H15BrN2O2S. The van der Waals surface area contributed by atoms with Crippen LogP contribution in [0.5, 0.6) is 0 Å². The van der Waals surface area contributed by atoms with E-state index in [9.17, 15) is 9.90 Å². The number of urea groups is 1. The minimum atomic E-state index is -0.748. The number of carbonyl (C=O) groups is 1. The van der Waals surface area contributed by atoms with Gasteiger partial charge in [-0.15, -0.1) is 0 Å². The van der Waals surface area contributed by atoms with Crippen molar-refractivity contribution in [2.75, 3.05) is 23.4 Å². The molecule has 0 saturated carbocycles. The Morgan fingerprint density at radius 3 is 2.78 bits per heavy atom. The van der Waals surface area contributed by atoms with Crippen molar-refractivity contribution in [2.24, 2.45) is 0 Å². The lowest BCUT2D eigenvalue weighted by molar-refractivity contribution is 0.0706. The lowest BCUT2D eigenvalue weighted by Crippen LogP contribution is -2.44. The molecule has 3 N–H and O–H groups in total. The van der Waals surface area contributed by atoms with Gasteiger partial charge in [0, 0.05) is 22.5 Å². The van der Waals surface area contributed by atoms with Crippen LogP contribution in [0, 0.1) is 0 Å². The van der Waals surface area contributed by atoms with Crippen molar-refractivity contribution >= 4 is 39.4 Å². The third kappa shape index (κ3) is 3.90. The van der Waals surface area contributed by atoms with Gasteiger partial charge in [-0.1, -0.05) is 15.9 Å². The predicted molar refractivity (Wildman–Crippen MR) is 78.1 cm³/mol. The zero-order chi connectivity index (χ0) is 13.0. The summed E-state index contributed by atoms with van der Waals surface area (Å²) in [5.41, 5.74) is -0.0228. The van der Waals surface area contributed by atoms with Crippen LogP contribution in [-0.2, 0) is 0 Å². The number of anilines is 1. The summed E-state index contributed by atoms with van der Waals surface area (Å²) in [6.45, 7) is 0.294. The number of nitrogens with one attached hydrogen (secondary N) is 2. The van der Waals surface area contributed by atoms with Crippen LogP contribution in [0.1, 0.15) is 6.42 Å². The van der Waals surface area contributed by atoms with Crippen molar-refractivity contribution < 1.29 is 9.90 Å². The number of aliphatic hydroxyl groups is 1. The molecule has 1 aliphatic rings. The van der Waals surface area contributed by atoms with E-state index in [1.165, 1.54) is 0 Å². The molecule has 1 heterocycles. The number of thioether (sulfide) groups is 1. The van der Waals surface area contributed by atoms with Gasteiger partial charge in [0.1, 0.15) is 0 Å². The Kier molecular flexibility index (Phi) is 4.53. The van der Waals surface area contributed by atoms with E-state index >= 15 is 0 Å². The van der Waals surface area contributed by atoms with Gasteiger partial charge in [-0.05, 0) is 36.4 Å². The van der Waals surface area contributed by atoms with E-state index in [0.717, 1.165) is 22.3 Å². The lowest BCUT2D eigenvalue weighted by Gasteiger charge is -2.21. The second kappa shape index (κ2) is 5.95. The monoisotopic (exact) mass is 330 g/mol. The summed E-state index contributed by atoms with van der Waals surface area (Å²) in [6.07, 6.45) is 0.732. The third-order valence-corrected chi connectivity index (χ3v) is 4.53. The number of halogens is 1. The van der Waals surface area contributed by atoms with Crippen LogP contribution in [-0.4, -0.2) is 34.8 Å². The van der Waals surface area contributed by atoms with Crippen molar-refractivity contribution in [3.63, 3.8) is 0 Å². The van der Waals surface area contributed by atoms with Crippen molar-refractivity contribution in [3.05, 3.63) is 28.7 Å². The quantitative estimate of drug-likeness (QED) is 0.797. The predicted octanol–water partition coefficient (Wildman–Crippen LogP) is 2.44. The number of amides is 2. The number of carbonyl (C=O) groups excluding carboxylic acids is 1. The number of benzene rings is 1. The Labute approximate surface area is 119 Å². The topological polar surface area (TPSA) is 61.4 Å². The maximum Gasteiger partial charge on any atom is 0.319 e. The Hall–Kier alpha value is -0.720. The van der Waals surface area contributed by atoms with Crippen LogP contribution >= 0.6 is 27.7 Å². The highest BCUT2D eigenvalue weighted by molar-refractivity contribution is 9.10. The summed E-state index contributed by atoms with van der Waals surface area (Å²) < 4.78 is 0.964. The summed E-state index contributed by atoms with van der Waals surface area (Å²) in [5.74, 6) is 1.64. The van der Waals surface area contributed by atoms with E-state index < -0.39 is 5.60 Å². The normalized spacial score (nSPS) is 22.8. The number of hydrogen-bond acceptors (Lipinski definition) is 3. The van der Waals surface area contributed by atoms with E-state index in [-0.39, 0.29) is 6.03 Å². The third-order valence-electron chi connectivity index (χ3n) is 2.76. The van der Waals surface area contributed by atoms with Crippen LogP contribution in [0.3, 0.4) is 0 Å². The van der Waals surface area contributed by atoms with Crippen molar-refractivity contribution in [1.29, 1.82) is 0 Å². The second-order valence-corrected chi connectivity index (χ2v) is 6.36. The Bertz CT molecular complexity index is 419. The summed E-state index contributed by atoms with van der Waals surface area (Å²) in [4.78, 5) is 11.6. The first-order valence-corrected chi connectivity index (χ1v) is 7.63. The molecular weight excluding hydrogens is 316 g/mol. The average Bonchev–Trinajstić information content (AvgIpc) is 2.78. The minimum absolute atomic E-state index is 0.289. The molecule has 1 aliphatic heterocycles. The van der Waals surface area contributed by atoms with Gasteiger partial charge < -0.3 is 15.7 Å². The molecule has 18 heavy (non-hydrogen) atoms. The highest BCUT2D eigenvalue weighted by atomic mass is 79.9. The van der Waals surface area contributed by atoms with E-state index in [1.807, 2.05) is 24.3 Å². The fourth-order valence-corrected chi connectivity index (χ4v) is 3.25. The maximum atomic E-state index is 11.6. The standard InChI is InChI=1S/C12H15BrN2O2S/c13-9-1-3-10(4-2-9)15-11(16)14-7-12(17)5-6-18-8-12/h1-4,17H,5-8H2,(H2,14,15,16). The van der Waals surface area contributed by atoms with Gasteiger partial charge in [0.15, 0.2) is 0 Å². The maximum absolute atomic E-state index is 11.6. The molecule has 1 saturated heterocycles. The molecule has 1 aromatic rings. The molecule has 0 aromatic heterocycles. The van der Waals surface area contributed by atoms with E-state index in [2.05, 4.69) is 26.6 Å². The molecule has 1 atom stereocenters. The molecule has 1 unspecified atom stereocenters. The van der Waals surface area contributed by atoms with Crippen LogP contribution in [0.25, 0.3) is 0 Å². The SMILES string of the molecule is O=C(NCC1(O)CCSC1)Nc1ccc(Br)cc1. The molecule has 2 amide bonds. The molecule has 0 spiro atoms. The van der Waals surface area contributed by atoms with E-state index in [4.69, 9.17) is 0 Å². The minimum Gasteiger partial charge on any atom is -0.387 e. The highest BCUT2D eigenvalue weighted by Crippen LogP contribution is 2.26. The smallest absolute Gasteiger partial charge is 0.319 e. The van der Waals surface area contributed by atoms with Gasteiger partial charge in [0.2, 0.25) is 0 Å². The first-order valence-electron chi connectivity index (χ1n) is 5.68. The zero-order valence-corrected chi connectivity index (χ0v) is 12.2. The van der Waals surface area contributed by atoms with Crippen LogP contribution in [0.15, 0.2) is 28.7 Å². The molecule has 4 nitrogen and oxygen atoms in total. The van der Waals surface area contributed by atoms with Gasteiger partial charge in [-0.3, -0.25) is 0 Å². The average molecular weight is 331 g/mol. The molecule has 2 rings (SSSR count). The summed E-state index contributed by atoms with van der Waals surface area (Å²) in [5, 5.41) is 15.5. The fourth-order valence-electron chi connectivity index (χ4n) is 1.69. The summed E-state index contributed by atoms with van der Waals surface area (Å²) in [6, 6.07) is 7.05. The number of hydrogen-bond donors (Lipinski definition) is 3. The summed E-state index contributed by atoms with van der Waals surface area (Å²) >= 11 is 5.04. The molecule has 0 bridgehead atoms. The molecule has 98 valence electrons. The van der Waals surface area contributed by atoms with Gasteiger partial charge in [0.25, 0.3) is 0 Å². The van der Waals surface area contributed by atoms with Crippen molar-refractivity contribution in [1.82, 2.24) is 5.32 Å². The highest BCUT2D eigenvalue weighted by Gasteiger charge is 2.31. The van der Waals surface area contributed by atoms with Crippen LogP contribution in [0.4, 0.5) is 10.5 Å². The Morgan fingerprint density at radius 2 is 2.17 bits per heavy atom. The van der Waals surface area contributed by atoms with Crippen LogP contribution in [0.2, 0.25) is 0 Å². The van der Waals surface area contributed by atoms with Gasteiger partial charge >= 0.3 is 6.03 Å². The summed E-state index contributed by atoms with van der Waals surface area (Å²) in [7, 11) is 0. The lowest BCUT2D eigenvalue weighted by atomic mass is 10.0. The van der Waals surface area contributed by atoms with Gasteiger partial charge in [-0.25, -0.2) is 4.79 Å². The van der Waals surface area contributed by atoms with Gasteiger partial charge in [0.05, 0.1) is 5.60 Å². The fraction of sp³-hybridized carbons (Fsp3) is 0.417. The first-order chi connectivity index (χ1) is 8.57. The Balaban J connectivity index is 1.80. The zero-order valence-electron chi connectivity index (χ0n) is 9.78. The molecule has 6 heteroatoms. The van der Waals surface area contributed by atoms with Crippen molar-refractivity contribution in [2.45, 2.75) is 12.0 Å². The molecule has 0 radical (unpaired) electrons.